The third-order valence-corrected chi connectivity index (χ3v) is 4.61. The van der Waals surface area contributed by atoms with Crippen molar-refractivity contribution in [1.82, 2.24) is 9.97 Å². The summed E-state index contributed by atoms with van der Waals surface area (Å²) in [5, 5.41) is 3.26. The van der Waals surface area contributed by atoms with E-state index in [1.807, 2.05) is 43.3 Å². The van der Waals surface area contributed by atoms with E-state index in [4.69, 9.17) is 4.74 Å². The number of anilines is 2. The fourth-order valence-electron chi connectivity index (χ4n) is 2.84. The quantitative estimate of drug-likeness (QED) is 0.470. The van der Waals surface area contributed by atoms with Crippen molar-refractivity contribution in [2.75, 3.05) is 29.9 Å². The first-order valence-electron chi connectivity index (χ1n) is 9.46. The third-order valence-electron chi connectivity index (χ3n) is 4.15. The summed E-state index contributed by atoms with van der Waals surface area (Å²) in [5.74, 6) is 0.558. The smallest absolute Gasteiger partial charge is 0.258 e. The minimum atomic E-state index is -0.0825. The molecule has 3 aromatic rings. The summed E-state index contributed by atoms with van der Waals surface area (Å²) >= 11 is 3.49. The molecule has 2 heterocycles. The van der Waals surface area contributed by atoms with Gasteiger partial charge in [0.2, 0.25) is 0 Å². The molecule has 29 heavy (non-hydrogen) atoms. The van der Waals surface area contributed by atoms with Crippen molar-refractivity contribution in [3.63, 3.8) is 0 Å². The lowest BCUT2D eigenvalue weighted by atomic mass is 10.1. The molecule has 7 heteroatoms. The van der Waals surface area contributed by atoms with Gasteiger partial charge in [-0.25, -0.2) is 0 Å². The number of rotatable bonds is 9. The fraction of sp³-hybridized carbons (Fsp3) is 0.227. The standard InChI is InChI=1S/C22H23BrN4O2/c1-2-11-27(20-4-3-7-25-16-20)22(28)17-13-18(23)15-21(14-17)29-12-10-26-19-5-8-24-9-6-19/h3-9,13-16H,2,10-12H2,1H3,(H,24,26). The highest BCUT2D eigenvalue weighted by Gasteiger charge is 2.18. The molecule has 0 spiro atoms. The molecule has 1 amide bonds. The highest BCUT2D eigenvalue weighted by atomic mass is 79.9. The first-order chi connectivity index (χ1) is 14.2. The average molecular weight is 455 g/mol. The van der Waals surface area contributed by atoms with Crippen LogP contribution in [0.5, 0.6) is 5.75 Å². The number of nitrogens with one attached hydrogen (secondary N) is 1. The Kier molecular flexibility index (Phi) is 7.58. The topological polar surface area (TPSA) is 67.3 Å². The number of nitrogens with zero attached hydrogens (tertiary/aromatic N) is 3. The monoisotopic (exact) mass is 454 g/mol. The summed E-state index contributed by atoms with van der Waals surface area (Å²) < 4.78 is 6.65. The van der Waals surface area contributed by atoms with Gasteiger partial charge in [0.05, 0.1) is 11.9 Å². The number of amides is 1. The van der Waals surface area contributed by atoms with E-state index in [9.17, 15) is 4.79 Å². The van der Waals surface area contributed by atoms with E-state index in [0.717, 1.165) is 22.3 Å². The van der Waals surface area contributed by atoms with Gasteiger partial charge in [0, 0.05) is 47.4 Å². The molecule has 6 nitrogen and oxygen atoms in total. The van der Waals surface area contributed by atoms with Crippen molar-refractivity contribution in [3.05, 3.63) is 77.3 Å². The number of pyridine rings is 2. The number of hydrogen-bond donors (Lipinski definition) is 1. The second-order valence-electron chi connectivity index (χ2n) is 6.35. The van der Waals surface area contributed by atoms with Gasteiger partial charge < -0.3 is 15.0 Å². The molecule has 3 rings (SSSR count). The fourth-order valence-corrected chi connectivity index (χ4v) is 3.32. The Morgan fingerprint density at radius 3 is 2.69 bits per heavy atom. The number of benzene rings is 1. The van der Waals surface area contributed by atoms with Crippen LogP contribution in [0.2, 0.25) is 0 Å². The zero-order chi connectivity index (χ0) is 20.5. The lowest BCUT2D eigenvalue weighted by molar-refractivity contribution is 0.0986. The predicted molar refractivity (Wildman–Crippen MR) is 119 cm³/mol. The van der Waals surface area contributed by atoms with E-state index in [1.54, 1.807) is 35.8 Å². The molecule has 0 unspecified atom stereocenters. The lowest BCUT2D eigenvalue weighted by Crippen LogP contribution is -2.31. The van der Waals surface area contributed by atoms with Crippen molar-refractivity contribution in [3.8, 4) is 5.75 Å². The molecule has 0 aliphatic carbocycles. The SMILES string of the molecule is CCCN(C(=O)c1cc(Br)cc(OCCNc2ccncc2)c1)c1cccnc1. The van der Waals surface area contributed by atoms with Gasteiger partial charge in [0.15, 0.2) is 0 Å². The van der Waals surface area contributed by atoms with E-state index in [-0.39, 0.29) is 5.91 Å². The summed E-state index contributed by atoms with van der Waals surface area (Å²) in [5.41, 5.74) is 2.33. The largest absolute Gasteiger partial charge is 0.492 e. The van der Waals surface area contributed by atoms with Crippen LogP contribution >= 0.6 is 15.9 Å². The summed E-state index contributed by atoms with van der Waals surface area (Å²) in [6.07, 6.45) is 7.72. The van der Waals surface area contributed by atoms with Gasteiger partial charge in [0.1, 0.15) is 12.4 Å². The maximum absolute atomic E-state index is 13.2. The van der Waals surface area contributed by atoms with Crippen molar-refractivity contribution in [2.24, 2.45) is 0 Å². The van der Waals surface area contributed by atoms with Gasteiger partial charge in [-0.05, 0) is 48.9 Å². The Morgan fingerprint density at radius 1 is 1.14 bits per heavy atom. The summed E-state index contributed by atoms with van der Waals surface area (Å²) in [4.78, 5) is 23.0. The van der Waals surface area contributed by atoms with E-state index in [1.165, 1.54) is 0 Å². The van der Waals surface area contributed by atoms with Crippen LogP contribution in [0.4, 0.5) is 11.4 Å². The van der Waals surface area contributed by atoms with Crippen LogP contribution in [0.1, 0.15) is 23.7 Å². The second-order valence-corrected chi connectivity index (χ2v) is 7.27. The highest BCUT2D eigenvalue weighted by molar-refractivity contribution is 9.10. The summed E-state index contributed by atoms with van der Waals surface area (Å²) in [6, 6.07) is 13.0. The van der Waals surface area contributed by atoms with Crippen molar-refractivity contribution in [1.29, 1.82) is 0 Å². The molecule has 0 fully saturated rings. The Labute approximate surface area is 179 Å². The highest BCUT2D eigenvalue weighted by Crippen LogP contribution is 2.24. The Hall–Kier alpha value is -2.93. The number of ether oxygens (including phenoxy) is 1. The molecular formula is C22H23BrN4O2. The summed E-state index contributed by atoms with van der Waals surface area (Å²) in [7, 11) is 0. The van der Waals surface area contributed by atoms with Gasteiger partial charge in [-0.15, -0.1) is 0 Å². The van der Waals surface area contributed by atoms with Crippen LogP contribution in [-0.4, -0.2) is 35.6 Å². The van der Waals surface area contributed by atoms with E-state index in [2.05, 4.69) is 31.2 Å². The van der Waals surface area contributed by atoms with Gasteiger partial charge in [-0.1, -0.05) is 22.9 Å². The van der Waals surface area contributed by atoms with Crippen LogP contribution in [0.25, 0.3) is 0 Å². The van der Waals surface area contributed by atoms with Crippen LogP contribution in [0, 0.1) is 0 Å². The first kappa shape index (κ1) is 20.8. The maximum atomic E-state index is 13.2. The Bertz CT molecular complexity index is 923. The molecule has 0 aliphatic rings. The summed E-state index contributed by atoms with van der Waals surface area (Å²) in [6.45, 7) is 3.76. The van der Waals surface area contributed by atoms with Crippen LogP contribution in [0.15, 0.2) is 71.7 Å². The normalized spacial score (nSPS) is 10.4. The molecule has 1 aromatic carbocycles. The predicted octanol–water partition coefficient (Wildman–Crippen LogP) is 4.79. The second kappa shape index (κ2) is 10.6. The van der Waals surface area contributed by atoms with Gasteiger partial charge in [-0.3, -0.25) is 14.8 Å². The van der Waals surface area contributed by atoms with Crippen molar-refractivity contribution < 1.29 is 9.53 Å². The molecule has 0 radical (unpaired) electrons. The van der Waals surface area contributed by atoms with Gasteiger partial charge in [-0.2, -0.15) is 0 Å². The zero-order valence-corrected chi connectivity index (χ0v) is 17.8. The van der Waals surface area contributed by atoms with Crippen LogP contribution < -0.4 is 15.0 Å². The molecule has 1 N–H and O–H groups in total. The number of halogens is 1. The Balaban J connectivity index is 1.67. The maximum Gasteiger partial charge on any atom is 0.258 e. The minimum Gasteiger partial charge on any atom is -0.492 e. The first-order valence-corrected chi connectivity index (χ1v) is 10.3. The van der Waals surface area contributed by atoms with E-state index in [0.29, 0.717) is 31.0 Å². The van der Waals surface area contributed by atoms with Gasteiger partial charge >= 0.3 is 0 Å². The van der Waals surface area contributed by atoms with Crippen molar-refractivity contribution in [2.45, 2.75) is 13.3 Å². The number of carbonyl (C=O) groups is 1. The van der Waals surface area contributed by atoms with Crippen molar-refractivity contribution >= 4 is 33.2 Å². The number of aromatic nitrogens is 2. The molecule has 0 saturated heterocycles. The minimum absolute atomic E-state index is 0.0825. The number of carbonyl (C=O) groups excluding carboxylic acids is 1. The Morgan fingerprint density at radius 2 is 1.97 bits per heavy atom. The molecule has 2 aromatic heterocycles. The van der Waals surface area contributed by atoms with Crippen LogP contribution in [-0.2, 0) is 0 Å². The number of hydrogen-bond acceptors (Lipinski definition) is 5. The zero-order valence-electron chi connectivity index (χ0n) is 16.2. The molecule has 0 bridgehead atoms. The van der Waals surface area contributed by atoms with Gasteiger partial charge in [0.25, 0.3) is 5.91 Å². The lowest BCUT2D eigenvalue weighted by Gasteiger charge is -2.22. The molecule has 150 valence electrons. The molecule has 0 atom stereocenters. The average Bonchev–Trinajstić information content (AvgIpc) is 2.75. The van der Waals surface area contributed by atoms with E-state index >= 15 is 0 Å². The third kappa shape index (κ3) is 6.02. The van der Waals surface area contributed by atoms with Crippen LogP contribution in [0.3, 0.4) is 0 Å². The molecule has 0 saturated carbocycles. The molecular weight excluding hydrogens is 432 g/mol. The molecule has 0 aliphatic heterocycles. The van der Waals surface area contributed by atoms with E-state index < -0.39 is 0 Å².